The Morgan fingerprint density at radius 1 is 1.35 bits per heavy atom. The van der Waals surface area contributed by atoms with Gasteiger partial charge in [-0.05, 0) is 49.3 Å². The van der Waals surface area contributed by atoms with Crippen molar-refractivity contribution in [3.05, 3.63) is 58.8 Å². The van der Waals surface area contributed by atoms with Gasteiger partial charge in [0.1, 0.15) is 5.82 Å². The van der Waals surface area contributed by atoms with Crippen LogP contribution in [0.5, 0.6) is 0 Å². The topological polar surface area (TPSA) is 51.0 Å². The highest BCUT2D eigenvalue weighted by molar-refractivity contribution is 7.08. The summed E-state index contributed by atoms with van der Waals surface area (Å²) in [6.07, 6.45) is 7.73. The van der Waals surface area contributed by atoms with Crippen molar-refractivity contribution >= 4 is 17.2 Å². The Bertz CT molecular complexity index is 873. The van der Waals surface area contributed by atoms with E-state index in [9.17, 15) is 4.79 Å². The van der Waals surface area contributed by atoms with Gasteiger partial charge in [0.05, 0.1) is 5.56 Å². The molecule has 134 valence electrons. The van der Waals surface area contributed by atoms with Gasteiger partial charge in [-0.2, -0.15) is 11.3 Å². The van der Waals surface area contributed by atoms with Crippen molar-refractivity contribution in [1.29, 1.82) is 0 Å². The van der Waals surface area contributed by atoms with Gasteiger partial charge in [-0.3, -0.25) is 9.78 Å². The van der Waals surface area contributed by atoms with Crippen LogP contribution in [0.25, 0.3) is 11.4 Å². The van der Waals surface area contributed by atoms with Gasteiger partial charge < -0.3 is 9.47 Å². The molecule has 6 heteroatoms. The number of aryl methyl sites for hydroxylation is 1. The number of likely N-dealkylation sites (tertiary alicyclic amines) is 1. The third kappa shape index (κ3) is 3.42. The van der Waals surface area contributed by atoms with Gasteiger partial charge in [0.15, 0.2) is 0 Å². The molecule has 1 fully saturated rings. The van der Waals surface area contributed by atoms with Gasteiger partial charge in [-0.1, -0.05) is 0 Å². The number of nitrogens with zero attached hydrogens (tertiary/aromatic N) is 4. The molecule has 0 bridgehead atoms. The molecular formula is C20H22N4OS. The van der Waals surface area contributed by atoms with Crippen LogP contribution in [0.2, 0.25) is 0 Å². The summed E-state index contributed by atoms with van der Waals surface area (Å²) in [5, 5.41) is 3.90. The van der Waals surface area contributed by atoms with E-state index < -0.39 is 0 Å². The first kappa shape index (κ1) is 17.0. The van der Waals surface area contributed by atoms with Crippen molar-refractivity contribution in [2.24, 2.45) is 5.92 Å². The molecule has 1 amide bonds. The quantitative estimate of drug-likeness (QED) is 0.704. The average Bonchev–Trinajstić information content (AvgIpc) is 3.33. The van der Waals surface area contributed by atoms with Gasteiger partial charge in [-0.15, -0.1) is 0 Å². The largest absolute Gasteiger partial charge is 0.338 e. The molecule has 0 aromatic carbocycles. The first-order valence-corrected chi connectivity index (χ1v) is 9.90. The highest BCUT2D eigenvalue weighted by Crippen LogP contribution is 2.25. The van der Waals surface area contributed by atoms with Crippen LogP contribution in [0.4, 0.5) is 0 Å². The molecule has 5 nitrogen and oxygen atoms in total. The van der Waals surface area contributed by atoms with Gasteiger partial charge in [0.25, 0.3) is 5.91 Å². The minimum Gasteiger partial charge on any atom is -0.338 e. The molecule has 3 aromatic heterocycles. The Kier molecular flexibility index (Phi) is 4.84. The Hall–Kier alpha value is -2.47. The van der Waals surface area contributed by atoms with Gasteiger partial charge in [0, 0.05) is 54.9 Å². The third-order valence-corrected chi connectivity index (χ3v) is 5.67. The summed E-state index contributed by atoms with van der Waals surface area (Å²) in [6, 6.07) is 5.89. The predicted molar refractivity (Wildman–Crippen MR) is 103 cm³/mol. The maximum Gasteiger partial charge on any atom is 0.254 e. The van der Waals surface area contributed by atoms with Crippen LogP contribution in [-0.2, 0) is 6.54 Å². The van der Waals surface area contributed by atoms with Gasteiger partial charge in [0.2, 0.25) is 0 Å². The second-order valence-electron chi connectivity index (χ2n) is 6.85. The van der Waals surface area contributed by atoms with Crippen LogP contribution in [0, 0.1) is 12.8 Å². The first-order chi connectivity index (χ1) is 12.7. The number of rotatable bonds is 4. The second-order valence-corrected chi connectivity index (χ2v) is 7.63. The molecule has 1 atom stereocenters. The highest BCUT2D eigenvalue weighted by atomic mass is 32.1. The van der Waals surface area contributed by atoms with E-state index in [1.165, 1.54) is 0 Å². The smallest absolute Gasteiger partial charge is 0.254 e. The maximum atomic E-state index is 12.7. The van der Waals surface area contributed by atoms with Crippen LogP contribution < -0.4 is 0 Å². The summed E-state index contributed by atoms with van der Waals surface area (Å²) in [7, 11) is 0. The SMILES string of the molecule is Cc1cnc(-c2cccnc2)n1CC1CCCN(C(=O)c2ccsc2)C1. The van der Waals surface area contributed by atoms with Crippen molar-refractivity contribution in [1.82, 2.24) is 19.4 Å². The minimum atomic E-state index is 0.158. The molecule has 1 aliphatic heterocycles. The highest BCUT2D eigenvalue weighted by Gasteiger charge is 2.26. The van der Waals surface area contributed by atoms with E-state index in [1.807, 2.05) is 46.3 Å². The molecule has 1 aliphatic rings. The standard InChI is InChI=1S/C20H22N4OS/c1-15-10-22-19(17-5-2-7-21-11-17)24(15)13-16-4-3-8-23(12-16)20(25)18-6-9-26-14-18/h2,5-7,9-11,14,16H,3-4,8,12-13H2,1H3. The van der Waals surface area contributed by atoms with E-state index >= 15 is 0 Å². The fraction of sp³-hybridized carbons (Fsp3) is 0.350. The van der Waals surface area contributed by atoms with E-state index in [1.54, 1.807) is 17.5 Å². The summed E-state index contributed by atoms with van der Waals surface area (Å²) in [5.74, 6) is 1.55. The molecule has 1 saturated heterocycles. The van der Waals surface area contributed by atoms with Crippen molar-refractivity contribution in [3.63, 3.8) is 0 Å². The van der Waals surface area contributed by atoms with Crippen LogP contribution in [0.3, 0.4) is 0 Å². The number of amides is 1. The molecule has 0 saturated carbocycles. The number of pyridine rings is 1. The van der Waals surface area contributed by atoms with E-state index in [4.69, 9.17) is 0 Å². The number of hydrogen-bond donors (Lipinski definition) is 0. The molecule has 4 heterocycles. The molecule has 26 heavy (non-hydrogen) atoms. The van der Waals surface area contributed by atoms with Crippen LogP contribution in [-0.4, -0.2) is 38.4 Å². The number of thiophene rings is 1. The van der Waals surface area contributed by atoms with Crippen LogP contribution in [0.15, 0.2) is 47.5 Å². The molecule has 0 spiro atoms. The van der Waals surface area contributed by atoms with Crippen LogP contribution in [0.1, 0.15) is 28.9 Å². The summed E-state index contributed by atoms with van der Waals surface area (Å²) >= 11 is 1.57. The molecule has 1 unspecified atom stereocenters. The summed E-state index contributed by atoms with van der Waals surface area (Å²) < 4.78 is 2.26. The molecule has 0 aliphatic carbocycles. The monoisotopic (exact) mass is 366 g/mol. The van der Waals surface area contributed by atoms with Gasteiger partial charge in [-0.25, -0.2) is 4.98 Å². The molecule has 0 N–H and O–H groups in total. The number of imidazole rings is 1. The van der Waals surface area contributed by atoms with E-state index in [0.717, 1.165) is 55.1 Å². The van der Waals surface area contributed by atoms with Gasteiger partial charge >= 0.3 is 0 Å². The number of aromatic nitrogens is 3. The number of piperidine rings is 1. The molecular weight excluding hydrogens is 344 g/mol. The summed E-state index contributed by atoms with van der Waals surface area (Å²) in [6.45, 7) is 4.62. The van der Waals surface area contributed by atoms with Crippen LogP contribution >= 0.6 is 11.3 Å². The van der Waals surface area contributed by atoms with Crippen molar-refractivity contribution in [2.45, 2.75) is 26.3 Å². The normalized spacial score (nSPS) is 17.4. The lowest BCUT2D eigenvalue weighted by Crippen LogP contribution is -2.41. The Balaban J connectivity index is 1.51. The average molecular weight is 366 g/mol. The number of carbonyl (C=O) groups is 1. The lowest BCUT2D eigenvalue weighted by molar-refractivity contribution is 0.0663. The van der Waals surface area contributed by atoms with E-state index in [2.05, 4.69) is 21.5 Å². The lowest BCUT2D eigenvalue weighted by Gasteiger charge is -2.33. The Morgan fingerprint density at radius 3 is 3.04 bits per heavy atom. The predicted octanol–water partition coefficient (Wildman–Crippen LogP) is 3.87. The zero-order valence-corrected chi connectivity index (χ0v) is 15.7. The summed E-state index contributed by atoms with van der Waals surface area (Å²) in [5.41, 5.74) is 2.98. The second kappa shape index (κ2) is 7.41. The fourth-order valence-electron chi connectivity index (χ4n) is 3.64. The van der Waals surface area contributed by atoms with E-state index in [0.29, 0.717) is 5.92 Å². The number of carbonyl (C=O) groups excluding carboxylic acids is 1. The molecule has 0 radical (unpaired) electrons. The zero-order valence-electron chi connectivity index (χ0n) is 14.8. The first-order valence-electron chi connectivity index (χ1n) is 8.96. The minimum absolute atomic E-state index is 0.158. The van der Waals surface area contributed by atoms with E-state index in [-0.39, 0.29) is 5.91 Å². The van der Waals surface area contributed by atoms with Crippen molar-refractivity contribution in [2.75, 3.05) is 13.1 Å². The molecule has 4 rings (SSSR count). The Morgan fingerprint density at radius 2 is 2.27 bits per heavy atom. The Labute approximate surface area is 157 Å². The summed E-state index contributed by atoms with van der Waals surface area (Å²) in [4.78, 5) is 23.5. The maximum absolute atomic E-state index is 12.7. The molecule has 3 aromatic rings. The number of hydrogen-bond acceptors (Lipinski definition) is 4. The zero-order chi connectivity index (χ0) is 17.9. The van der Waals surface area contributed by atoms with Crippen molar-refractivity contribution < 1.29 is 4.79 Å². The lowest BCUT2D eigenvalue weighted by atomic mass is 9.97. The van der Waals surface area contributed by atoms with Crippen molar-refractivity contribution in [3.8, 4) is 11.4 Å². The fourth-order valence-corrected chi connectivity index (χ4v) is 4.27. The third-order valence-electron chi connectivity index (χ3n) is 4.99.